The van der Waals surface area contributed by atoms with Gasteiger partial charge in [-0.15, -0.1) is 0 Å². The van der Waals surface area contributed by atoms with Gasteiger partial charge in [0.1, 0.15) is 0 Å². The number of hydrogen-bond donors (Lipinski definition) is 3. The Balaban J connectivity index is 2.13. The van der Waals surface area contributed by atoms with E-state index in [9.17, 15) is 4.79 Å². The van der Waals surface area contributed by atoms with Crippen molar-refractivity contribution in [2.24, 2.45) is 5.73 Å². The molecule has 0 aromatic heterocycles. The van der Waals surface area contributed by atoms with Crippen LogP contribution >= 0.6 is 0 Å². The van der Waals surface area contributed by atoms with Crippen LogP contribution in [0.25, 0.3) is 0 Å². The fourth-order valence-electron chi connectivity index (χ4n) is 2.95. The second-order valence-electron chi connectivity index (χ2n) is 4.56. The first kappa shape index (κ1) is 9.81. The molecule has 1 aliphatic carbocycles. The van der Waals surface area contributed by atoms with Crippen LogP contribution in [0.1, 0.15) is 27.9 Å². The number of amides is 1. The monoisotopic (exact) mass is 217 g/mol. The number of primary amides is 1. The minimum atomic E-state index is -0.320. The summed E-state index contributed by atoms with van der Waals surface area (Å²) in [4.78, 5) is 11.4. The Morgan fingerprint density at radius 3 is 3.00 bits per heavy atom. The van der Waals surface area contributed by atoms with Crippen LogP contribution in [0.15, 0.2) is 18.2 Å². The summed E-state index contributed by atoms with van der Waals surface area (Å²) in [6.07, 6.45) is 1.97. The van der Waals surface area contributed by atoms with E-state index in [4.69, 9.17) is 5.73 Å². The summed E-state index contributed by atoms with van der Waals surface area (Å²) in [6, 6.07) is 5.85. The normalized spacial score (nSPS) is 27.2. The van der Waals surface area contributed by atoms with E-state index in [0.29, 0.717) is 5.56 Å². The van der Waals surface area contributed by atoms with Gasteiger partial charge in [-0.25, -0.2) is 0 Å². The molecule has 1 spiro atoms. The van der Waals surface area contributed by atoms with Gasteiger partial charge < -0.3 is 11.1 Å². The maximum atomic E-state index is 11.4. The van der Waals surface area contributed by atoms with Crippen molar-refractivity contribution < 1.29 is 4.79 Å². The maximum Gasteiger partial charge on any atom is 0.248 e. The van der Waals surface area contributed by atoms with Crippen LogP contribution in [0.5, 0.6) is 0 Å². The third kappa shape index (κ3) is 1.20. The first-order valence-corrected chi connectivity index (χ1v) is 5.61. The van der Waals surface area contributed by atoms with Crippen LogP contribution in [0.3, 0.4) is 0 Å². The summed E-state index contributed by atoms with van der Waals surface area (Å²) < 4.78 is 0. The zero-order valence-corrected chi connectivity index (χ0v) is 9.05. The van der Waals surface area contributed by atoms with Gasteiger partial charge in [-0.3, -0.25) is 10.1 Å². The highest BCUT2D eigenvalue weighted by Crippen LogP contribution is 2.39. The lowest BCUT2D eigenvalue weighted by Crippen LogP contribution is -2.37. The molecule has 16 heavy (non-hydrogen) atoms. The molecule has 2 aliphatic rings. The summed E-state index contributed by atoms with van der Waals surface area (Å²) in [5.74, 6) is -0.320. The van der Waals surface area contributed by atoms with Crippen LogP contribution in [0, 0.1) is 0 Å². The summed E-state index contributed by atoms with van der Waals surface area (Å²) >= 11 is 0. The van der Waals surface area contributed by atoms with Gasteiger partial charge in [0.2, 0.25) is 5.91 Å². The van der Waals surface area contributed by atoms with Gasteiger partial charge in [0.05, 0.1) is 5.54 Å². The van der Waals surface area contributed by atoms with Crippen molar-refractivity contribution in [3.8, 4) is 0 Å². The third-order valence-corrected chi connectivity index (χ3v) is 3.74. The molecule has 0 bridgehead atoms. The number of hydrogen-bond acceptors (Lipinski definition) is 3. The van der Waals surface area contributed by atoms with Crippen LogP contribution in [-0.2, 0) is 12.0 Å². The number of fused-ring (bicyclic) bond motifs is 2. The second kappa shape index (κ2) is 3.30. The van der Waals surface area contributed by atoms with Crippen LogP contribution < -0.4 is 16.4 Å². The third-order valence-electron chi connectivity index (χ3n) is 3.74. The molecule has 4 heteroatoms. The summed E-state index contributed by atoms with van der Waals surface area (Å²) in [5, 5.41) is 6.81. The molecule has 0 saturated carbocycles. The van der Waals surface area contributed by atoms with E-state index in [1.54, 1.807) is 0 Å². The van der Waals surface area contributed by atoms with Gasteiger partial charge in [0, 0.05) is 18.8 Å². The molecule has 4 N–H and O–H groups in total. The van der Waals surface area contributed by atoms with Crippen LogP contribution in [-0.4, -0.2) is 19.1 Å². The van der Waals surface area contributed by atoms with E-state index in [1.165, 1.54) is 5.56 Å². The number of nitrogens with two attached hydrogens (primary N) is 1. The lowest BCUT2D eigenvalue weighted by Gasteiger charge is -2.24. The van der Waals surface area contributed by atoms with Crippen molar-refractivity contribution in [2.45, 2.75) is 18.4 Å². The molecule has 1 heterocycles. The van der Waals surface area contributed by atoms with Crippen molar-refractivity contribution in [1.82, 2.24) is 10.6 Å². The van der Waals surface area contributed by atoms with Crippen LogP contribution in [0.2, 0.25) is 0 Å². The largest absolute Gasteiger partial charge is 0.366 e. The Kier molecular flexibility index (Phi) is 2.02. The quantitative estimate of drug-likeness (QED) is 0.624. The van der Waals surface area contributed by atoms with E-state index >= 15 is 0 Å². The first-order valence-electron chi connectivity index (χ1n) is 5.61. The summed E-state index contributed by atoms with van der Waals surface area (Å²) in [7, 11) is 0. The molecule has 1 saturated heterocycles. The molecule has 1 aliphatic heterocycles. The fraction of sp³-hybridized carbons (Fsp3) is 0.417. The van der Waals surface area contributed by atoms with Crippen molar-refractivity contribution in [3.05, 3.63) is 34.9 Å². The first-order chi connectivity index (χ1) is 7.73. The minimum Gasteiger partial charge on any atom is -0.366 e. The van der Waals surface area contributed by atoms with E-state index in [2.05, 4.69) is 16.7 Å². The Bertz CT molecular complexity index is 450. The van der Waals surface area contributed by atoms with E-state index in [-0.39, 0.29) is 11.4 Å². The van der Waals surface area contributed by atoms with E-state index < -0.39 is 0 Å². The average molecular weight is 217 g/mol. The molecule has 1 unspecified atom stereocenters. The molecular weight excluding hydrogens is 202 g/mol. The number of carbonyl (C=O) groups excluding carboxylic acids is 1. The highest BCUT2D eigenvalue weighted by atomic mass is 16.1. The van der Waals surface area contributed by atoms with Gasteiger partial charge in [0.15, 0.2) is 0 Å². The zero-order valence-electron chi connectivity index (χ0n) is 9.05. The van der Waals surface area contributed by atoms with Gasteiger partial charge in [-0.1, -0.05) is 12.1 Å². The second-order valence-corrected chi connectivity index (χ2v) is 4.56. The van der Waals surface area contributed by atoms with Crippen molar-refractivity contribution in [2.75, 3.05) is 13.2 Å². The van der Waals surface area contributed by atoms with Crippen molar-refractivity contribution >= 4 is 5.91 Å². The standard InChI is InChI=1S/C12H15N3O/c13-11(16)9-2-1-3-10-8(9)4-5-12(10)6-14-7-15-12/h1-3,14-15H,4-7H2,(H2,13,16). The summed E-state index contributed by atoms with van der Waals surface area (Å²) in [6.45, 7) is 1.77. The van der Waals surface area contributed by atoms with E-state index in [0.717, 1.165) is 31.6 Å². The van der Waals surface area contributed by atoms with Gasteiger partial charge in [0.25, 0.3) is 0 Å². The van der Waals surface area contributed by atoms with Crippen molar-refractivity contribution in [1.29, 1.82) is 0 Å². The molecule has 1 amide bonds. The molecule has 1 aromatic carbocycles. The lowest BCUT2D eigenvalue weighted by molar-refractivity contribution is 0.0999. The number of benzene rings is 1. The Morgan fingerprint density at radius 2 is 2.31 bits per heavy atom. The molecular formula is C12H15N3O. The minimum absolute atomic E-state index is 0.0286. The number of nitrogens with one attached hydrogen (secondary N) is 2. The topological polar surface area (TPSA) is 67.2 Å². The molecule has 1 fully saturated rings. The zero-order chi connectivity index (χ0) is 11.2. The lowest BCUT2D eigenvalue weighted by atomic mass is 9.92. The van der Waals surface area contributed by atoms with Crippen molar-refractivity contribution in [3.63, 3.8) is 0 Å². The Morgan fingerprint density at radius 1 is 1.44 bits per heavy atom. The number of carbonyl (C=O) groups is 1. The van der Waals surface area contributed by atoms with E-state index in [1.807, 2.05) is 12.1 Å². The smallest absolute Gasteiger partial charge is 0.248 e. The Hall–Kier alpha value is -1.39. The average Bonchev–Trinajstić information content (AvgIpc) is 2.88. The summed E-state index contributed by atoms with van der Waals surface area (Å²) in [5.41, 5.74) is 8.49. The fourth-order valence-corrected chi connectivity index (χ4v) is 2.95. The van der Waals surface area contributed by atoms with Gasteiger partial charge in [-0.05, 0) is 30.0 Å². The predicted octanol–water partition coefficient (Wildman–Crippen LogP) is 0.0773. The maximum absolute atomic E-state index is 11.4. The molecule has 4 nitrogen and oxygen atoms in total. The van der Waals surface area contributed by atoms with Gasteiger partial charge >= 0.3 is 0 Å². The van der Waals surface area contributed by atoms with Gasteiger partial charge in [-0.2, -0.15) is 0 Å². The number of rotatable bonds is 1. The SMILES string of the molecule is NC(=O)c1cccc2c1CCC21CNCN1. The molecule has 3 rings (SSSR count). The Labute approximate surface area is 94.2 Å². The predicted molar refractivity (Wildman–Crippen MR) is 61.0 cm³/mol. The molecule has 0 radical (unpaired) electrons. The highest BCUT2D eigenvalue weighted by molar-refractivity contribution is 5.95. The molecule has 84 valence electrons. The molecule has 1 aromatic rings. The highest BCUT2D eigenvalue weighted by Gasteiger charge is 2.41. The van der Waals surface area contributed by atoms with Crippen LogP contribution in [0.4, 0.5) is 0 Å². The molecule has 1 atom stereocenters.